The van der Waals surface area contributed by atoms with E-state index in [-0.39, 0.29) is 29.4 Å². The lowest BCUT2D eigenvalue weighted by molar-refractivity contribution is -0.143. The van der Waals surface area contributed by atoms with Gasteiger partial charge in [-0.25, -0.2) is 13.2 Å². The summed E-state index contributed by atoms with van der Waals surface area (Å²) in [7, 11) is -3.78. The maximum atomic E-state index is 13.2. The van der Waals surface area contributed by atoms with Gasteiger partial charge in [0.2, 0.25) is 0 Å². The zero-order valence-corrected chi connectivity index (χ0v) is 19.8. The van der Waals surface area contributed by atoms with Crippen molar-refractivity contribution in [2.45, 2.75) is 37.5 Å². The summed E-state index contributed by atoms with van der Waals surface area (Å²) in [6.07, 6.45) is 2.15. The SMILES string of the molecule is CCOC(=O)CCCNC(=O)COC(=O)c1ccc(S(=O)(=O)N2CCCc3ccccc32)cc1. The Morgan fingerprint density at radius 1 is 1.03 bits per heavy atom. The number of para-hydroxylation sites is 1. The number of nitrogens with one attached hydrogen (secondary N) is 1. The molecule has 0 saturated heterocycles. The smallest absolute Gasteiger partial charge is 0.338 e. The molecule has 0 aromatic heterocycles. The number of hydrogen-bond acceptors (Lipinski definition) is 7. The molecule has 0 aliphatic carbocycles. The molecule has 10 heteroatoms. The van der Waals surface area contributed by atoms with Crippen LogP contribution in [0.15, 0.2) is 53.4 Å². The number of benzene rings is 2. The van der Waals surface area contributed by atoms with Gasteiger partial charge in [-0.2, -0.15) is 0 Å². The molecule has 0 bridgehead atoms. The fourth-order valence-electron chi connectivity index (χ4n) is 3.60. The quantitative estimate of drug-likeness (QED) is 0.403. The lowest BCUT2D eigenvalue weighted by Gasteiger charge is -2.30. The lowest BCUT2D eigenvalue weighted by atomic mass is 10.0. The number of sulfonamides is 1. The highest BCUT2D eigenvalue weighted by molar-refractivity contribution is 7.92. The maximum Gasteiger partial charge on any atom is 0.338 e. The molecule has 0 unspecified atom stereocenters. The first-order valence-electron chi connectivity index (χ1n) is 11.1. The normalized spacial score (nSPS) is 13.0. The summed E-state index contributed by atoms with van der Waals surface area (Å²) in [5, 5.41) is 2.55. The summed E-state index contributed by atoms with van der Waals surface area (Å²) in [6, 6.07) is 12.9. The van der Waals surface area contributed by atoms with Crippen molar-refractivity contribution in [2.75, 3.05) is 30.6 Å². The highest BCUT2D eigenvalue weighted by Gasteiger charge is 2.29. The third-order valence-corrected chi connectivity index (χ3v) is 7.09. The van der Waals surface area contributed by atoms with E-state index in [9.17, 15) is 22.8 Å². The molecular weight excluding hydrogens is 460 g/mol. The number of hydrogen-bond donors (Lipinski definition) is 1. The van der Waals surface area contributed by atoms with E-state index >= 15 is 0 Å². The third-order valence-electron chi connectivity index (χ3n) is 5.27. The van der Waals surface area contributed by atoms with Gasteiger partial charge >= 0.3 is 11.9 Å². The van der Waals surface area contributed by atoms with E-state index in [0.717, 1.165) is 18.4 Å². The third kappa shape index (κ3) is 6.34. The van der Waals surface area contributed by atoms with E-state index in [1.54, 1.807) is 13.0 Å². The second-order valence-electron chi connectivity index (χ2n) is 7.67. The van der Waals surface area contributed by atoms with Gasteiger partial charge in [0.1, 0.15) is 0 Å². The van der Waals surface area contributed by atoms with Gasteiger partial charge in [-0.15, -0.1) is 0 Å². The fraction of sp³-hybridized carbons (Fsp3) is 0.375. The van der Waals surface area contributed by atoms with Crippen molar-refractivity contribution in [3.8, 4) is 0 Å². The topological polar surface area (TPSA) is 119 Å². The molecule has 0 radical (unpaired) electrons. The second kappa shape index (κ2) is 11.6. The van der Waals surface area contributed by atoms with Crippen LogP contribution in [0, 0.1) is 0 Å². The largest absolute Gasteiger partial charge is 0.466 e. The fourth-order valence-corrected chi connectivity index (χ4v) is 5.14. The zero-order valence-electron chi connectivity index (χ0n) is 19.0. The van der Waals surface area contributed by atoms with Gasteiger partial charge in [0.25, 0.3) is 15.9 Å². The zero-order chi connectivity index (χ0) is 24.6. The first-order chi connectivity index (χ1) is 16.3. The number of fused-ring (bicyclic) bond motifs is 1. The van der Waals surface area contributed by atoms with Crippen LogP contribution in [0.1, 0.15) is 42.1 Å². The average Bonchev–Trinajstić information content (AvgIpc) is 2.85. The summed E-state index contributed by atoms with van der Waals surface area (Å²) < 4.78 is 37.5. The van der Waals surface area contributed by atoms with Crippen molar-refractivity contribution < 1.29 is 32.3 Å². The Kier molecular flexibility index (Phi) is 8.64. The highest BCUT2D eigenvalue weighted by atomic mass is 32.2. The standard InChI is InChI=1S/C24H28N2O7S/c1-2-32-23(28)10-5-15-25-22(27)17-33-24(29)19-11-13-20(14-12-19)34(30,31)26-16-6-8-18-7-3-4-9-21(18)26/h3-4,7,9,11-14H,2,5-6,8,10,15-17H2,1H3,(H,25,27). The Labute approximate surface area is 199 Å². The molecular formula is C24H28N2O7S. The summed E-state index contributed by atoms with van der Waals surface area (Å²) >= 11 is 0. The molecule has 1 amide bonds. The number of anilines is 1. The number of carbonyl (C=O) groups is 3. The second-order valence-corrected chi connectivity index (χ2v) is 9.53. The lowest BCUT2D eigenvalue weighted by Crippen LogP contribution is -2.35. The van der Waals surface area contributed by atoms with E-state index in [2.05, 4.69) is 5.32 Å². The molecule has 1 aliphatic heterocycles. The van der Waals surface area contributed by atoms with Gasteiger partial charge in [0.15, 0.2) is 6.61 Å². The van der Waals surface area contributed by atoms with E-state index in [1.807, 2.05) is 18.2 Å². The van der Waals surface area contributed by atoms with Crippen LogP contribution in [0.5, 0.6) is 0 Å². The molecule has 2 aromatic carbocycles. The van der Waals surface area contributed by atoms with Crippen molar-refractivity contribution in [3.63, 3.8) is 0 Å². The van der Waals surface area contributed by atoms with Crippen LogP contribution < -0.4 is 9.62 Å². The van der Waals surface area contributed by atoms with Gasteiger partial charge in [-0.05, 0) is 62.1 Å². The summed E-state index contributed by atoms with van der Waals surface area (Å²) in [5.41, 5.74) is 1.79. The van der Waals surface area contributed by atoms with Gasteiger partial charge in [0, 0.05) is 19.5 Å². The molecule has 2 aromatic rings. The number of rotatable bonds is 10. The van der Waals surface area contributed by atoms with Crippen LogP contribution in [-0.4, -0.2) is 52.6 Å². The van der Waals surface area contributed by atoms with Crippen molar-refractivity contribution in [3.05, 3.63) is 59.7 Å². The summed E-state index contributed by atoms with van der Waals surface area (Å²) in [4.78, 5) is 35.4. The van der Waals surface area contributed by atoms with Gasteiger partial charge < -0.3 is 14.8 Å². The van der Waals surface area contributed by atoms with Gasteiger partial charge in [-0.3, -0.25) is 13.9 Å². The molecule has 34 heavy (non-hydrogen) atoms. The molecule has 0 fully saturated rings. The van der Waals surface area contributed by atoms with Crippen LogP contribution in [0.2, 0.25) is 0 Å². The number of nitrogens with zero attached hydrogens (tertiary/aromatic N) is 1. The molecule has 1 heterocycles. The predicted octanol–water partition coefficient (Wildman–Crippen LogP) is 2.44. The number of esters is 2. The van der Waals surface area contributed by atoms with Crippen LogP contribution in [0.3, 0.4) is 0 Å². The molecule has 1 N–H and O–H groups in total. The number of carbonyl (C=O) groups excluding carboxylic acids is 3. The molecule has 0 atom stereocenters. The molecule has 1 aliphatic rings. The minimum Gasteiger partial charge on any atom is -0.466 e. The van der Waals surface area contributed by atoms with Gasteiger partial charge in [-0.1, -0.05) is 18.2 Å². The van der Waals surface area contributed by atoms with E-state index in [1.165, 1.54) is 28.6 Å². The molecule has 0 saturated carbocycles. The van der Waals surface area contributed by atoms with Crippen molar-refractivity contribution >= 4 is 33.6 Å². The Hall–Kier alpha value is -3.40. The first kappa shape index (κ1) is 25.2. The Morgan fingerprint density at radius 3 is 2.50 bits per heavy atom. The number of aryl methyl sites for hydroxylation is 1. The maximum absolute atomic E-state index is 13.2. The van der Waals surface area contributed by atoms with E-state index < -0.39 is 28.5 Å². The van der Waals surface area contributed by atoms with Crippen LogP contribution in [-0.2, 0) is 35.5 Å². The van der Waals surface area contributed by atoms with E-state index in [0.29, 0.717) is 25.3 Å². The Morgan fingerprint density at radius 2 is 1.76 bits per heavy atom. The van der Waals surface area contributed by atoms with Crippen LogP contribution >= 0.6 is 0 Å². The van der Waals surface area contributed by atoms with Crippen molar-refractivity contribution in [1.82, 2.24) is 5.32 Å². The monoisotopic (exact) mass is 488 g/mol. The number of ether oxygens (including phenoxy) is 2. The summed E-state index contributed by atoms with van der Waals surface area (Å²) in [6.45, 7) is 2.18. The van der Waals surface area contributed by atoms with E-state index in [4.69, 9.17) is 9.47 Å². The van der Waals surface area contributed by atoms with Crippen LogP contribution in [0.25, 0.3) is 0 Å². The Bertz CT molecular complexity index is 1130. The highest BCUT2D eigenvalue weighted by Crippen LogP contribution is 2.31. The first-order valence-corrected chi connectivity index (χ1v) is 12.6. The molecule has 0 spiro atoms. The summed E-state index contributed by atoms with van der Waals surface area (Å²) in [5.74, 6) is -1.58. The van der Waals surface area contributed by atoms with Gasteiger partial charge in [0.05, 0.1) is 22.8 Å². The Balaban J connectivity index is 1.53. The number of amides is 1. The molecule has 9 nitrogen and oxygen atoms in total. The molecule has 182 valence electrons. The van der Waals surface area contributed by atoms with Crippen LogP contribution in [0.4, 0.5) is 5.69 Å². The van der Waals surface area contributed by atoms with Crippen molar-refractivity contribution in [1.29, 1.82) is 0 Å². The molecule has 3 rings (SSSR count). The van der Waals surface area contributed by atoms with Crippen molar-refractivity contribution in [2.24, 2.45) is 0 Å². The minimum atomic E-state index is -3.78. The predicted molar refractivity (Wildman–Crippen MR) is 125 cm³/mol. The minimum absolute atomic E-state index is 0.0695. The average molecular weight is 489 g/mol.